The van der Waals surface area contributed by atoms with Gasteiger partial charge in [0.25, 0.3) is 0 Å². The Bertz CT molecular complexity index is 894. The first-order valence-corrected chi connectivity index (χ1v) is 17.1. The largest absolute Gasteiger partial charge is 0.0654 e. The number of benzene rings is 2. The highest BCUT2D eigenvalue weighted by Crippen LogP contribution is 2.56. The maximum absolute atomic E-state index is 3.91. The Morgan fingerprint density at radius 3 is 1.16 bits per heavy atom. The van der Waals surface area contributed by atoms with Crippen LogP contribution in [0.1, 0.15) is 152 Å². The predicted molar refractivity (Wildman–Crippen MR) is 172 cm³/mol. The molecule has 2 aromatic rings. The van der Waals surface area contributed by atoms with Gasteiger partial charge in [0.05, 0.1) is 0 Å². The van der Waals surface area contributed by atoms with Gasteiger partial charge in [-0.05, 0) is 84.3 Å². The molecule has 0 radical (unpaired) electrons. The normalized spacial score (nSPS) is 13.7. The average molecular weight is 633 g/mol. The SMILES string of the molecule is CCCCCCCCCCC1(CCCCCCCCCC)c2cc(Br)c(C)cc2-c2cc(C)c(Br)cc21. The summed E-state index contributed by atoms with van der Waals surface area (Å²) in [5.74, 6) is 0. The summed E-state index contributed by atoms with van der Waals surface area (Å²) in [7, 11) is 0. The zero-order valence-electron chi connectivity index (χ0n) is 24.3. The van der Waals surface area contributed by atoms with E-state index in [0.717, 1.165) is 0 Å². The predicted octanol–water partition coefficient (Wildman–Crippen LogP) is 13.2. The van der Waals surface area contributed by atoms with Crippen molar-refractivity contribution in [1.29, 1.82) is 0 Å². The quantitative estimate of drug-likeness (QED) is 0.144. The van der Waals surface area contributed by atoms with Gasteiger partial charge in [0.1, 0.15) is 0 Å². The van der Waals surface area contributed by atoms with Crippen molar-refractivity contribution in [2.75, 3.05) is 0 Å². The first-order valence-electron chi connectivity index (χ1n) is 15.6. The molecule has 206 valence electrons. The number of fused-ring (bicyclic) bond motifs is 3. The number of halogens is 2. The highest BCUT2D eigenvalue weighted by molar-refractivity contribution is 9.10. The number of rotatable bonds is 18. The van der Waals surface area contributed by atoms with Gasteiger partial charge in [-0.3, -0.25) is 0 Å². The van der Waals surface area contributed by atoms with Crippen molar-refractivity contribution in [3.63, 3.8) is 0 Å². The van der Waals surface area contributed by atoms with Gasteiger partial charge in [-0.25, -0.2) is 0 Å². The molecule has 0 aromatic heterocycles. The van der Waals surface area contributed by atoms with Crippen LogP contribution >= 0.6 is 31.9 Å². The molecule has 0 heterocycles. The molecular weight excluding hydrogens is 580 g/mol. The number of unbranched alkanes of at least 4 members (excludes halogenated alkanes) is 14. The topological polar surface area (TPSA) is 0 Å². The zero-order chi connectivity index (χ0) is 26.7. The summed E-state index contributed by atoms with van der Waals surface area (Å²) in [5, 5.41) is 0. The summed E-state index contributed by atoms with van der Waals surface area (Å²) in [5.41, 5.74) is 9.00. The molecule has 1 aliphatic carbocycles. The number of hydrogen-bond donors (Lipinski definition) is 0. The van der Waals surface area contributed by atoms with Gasteiger partial charge >= 0.3 is 0 Å². The first kappa shape index (κ1) is 30.9. The third-order valence-corrected chi connectivity index (χ3v) is 10.5. The Morgan fingerprint density at radius 1 is 0.486 bits per heavy atom. The molecule has 2 heteroatoms. The van der Waals surface area contributed by atoms with E-state index in [9.17, 15) is 0 Å². The van der Waals surface area contributed by atoms with E-state index >= 15 is 0 Å². The van der Waals surface area contributed by atoms with Gasteiger partial charge in [0, 0.05) is 14.4 Å². The Balaban J connectivity index is 1.79. The molecular formula is C35H52Br2. The van der Waals surface area contributed by atoms with Gasteiger partial charge in [0.2, 0.25) is 0 Å². The Kier molecular flexibility index (Phi) is 13.3. The molecule has 0 amide bonds. The maximum Gasteiger partial charge on any atom is 0.0216 e. The summed E-state index contributed by atoms with van der Waals surface area (Å²) < 4.78 is 2.54. The zero-order valence-corrected chi connectivity index (χ0v) is 27.5. The summed E-state index contributed by atoms with van der Waals surface area (Å²) in [4.78, 5) is 0. The third-order valence-electron chi connectivity index (χ3n) is 8.83. The van der Waals surface area contributed by atoms with Gasteiger partial charge in [0.15, 0.2) is 0 Å². The minimum atomic E-state index is 0.154. The molecule has 3 rings (SSSR count). The highest BCUT2D eigenvalue weighted by atomic mass is 79.9. The fourth-order valence-electron chi connectivity index (χ4n) is 6.53. The molecule has 0 nitrogen and oxygen atoms in total. The van der Waals surface area contributed by atoms with Crippen LogP contribution < -0.4 is 0 Å². The van der Waals surface area contributed by atoms with Crippen molar-refractivity contribution in [2.24, 2.45) is 0 Å². The lowest BCUT2D eigenvalue weighted by molar-refractivity contribution is 0.396. The van der Waals surface area contributed by atoms with E-state index in [0.29, 0.717) is 0 Å². The standard InChI is InChI=1S/C35H52Br2/c1-5-7-9-11-13-15-17-19-21-35(22-20-18-16-14-12-10-8-6-2)31-25-33(36)27(3)23-29(31)30-24-28(4)34(37)26-32(30)35/h23-26H,5-22H2,1-4H3. The highest BCUT2D eigenvalue weighted by Gasteiger charge is 2.42. The molecule has 0 saturated heterocycles. The van der Waals surface area contributed by atoms with Gasteiger partial charge in [-0.1, -0.05) is 148 Å². The van der Waals surface area contributed by atoms with E-state index < -0.39 is 0 Å². The molecule has 0 spiro atoms. The molecule has 0 bridgehead atoms. The Morgan fingerprint density at radius 2 is 0.811 bits per heavy atom. The molecule has 37 heavy (non-hydrogen) atoms. The maximum atomic E-state index is 3.91. The summed E-state index contributed by atoms with van der Waals surface area (Å²) >= 11 is 7.82. The van der Waals surface area contributed by atoms with Crippen molar-refractivity contribution in [3.05, 3.63) is 55.5 Å². The minimum absolute atomic E-state index is 0.154. The van der Waals surface area contributed by atoms with Crippen LogP contribution in [0.2, 0.25) is 0 Å². The Hall–Kier alpha value is -0.600. The van der Waals surface area contributed by atoms with Crippen molar-refractivity contribution < 1.29 is 0 Å². The van der Waals surface area contributed by atoms with Gasteiger partial charge in [-0.2, -0.15) is 0 Å². The number of hydrogen-bond acceptors (Lipinski definition) is 0. The lowest BCUT2D eigenvalue weighted by Crippen LogP contribution is -2.25. The van der Waals surface area contributed by atoms with Crippen molar-refractivity contribution in [2.45, 2.75) is 149 Å². The summed E-state index contributed by atoms with van der Waals surface area (Å²) in [6.45, 7) is 9.10. The van der Waals surface area contributed by atoms with Crippen molar-refractivity contribution in [3.8, 4) is 11.1 Å². The first-order chi connectivity index (χ1) is 17.9. The van der Waals surface area contributed by atoms with Crippen molar-refractivity contribution in [1.82, 2.24) is 0 Å². The molecule has 0 atom stereocenters. The molecule has 0 N–H and O–H groups in total. The third kappa shape index (κ3) is 8.20. The van der Waals surface area contributed by atoms with Crippen LogP contribution in [0.5, 0.6) is 0 Å². The van der Waals surface area contributed by atoms with Crippen LogP contribution in [-0.2, 0) is 5.41 Å². The van der Waals surface area contributed by atoms with Crippen LogP contribution in [0.4, 0.5) is 0 Å². The second kappa shape index (κ2) is 15.9. The minimum Gasteiger partial charge on any atom is -0.0654 e. The van der Waals surface area contributed by atoms with E-state index in [1.54, 1.807) is 11.1 Å². The smallest absolute Gasteiger partial charge is 0.0216 e. The number of aryl methyl sites for hydroxylation is 2. The van der Waals surface area contributed by atoms with Crippen LogP contribution in [0, 0.1) is 13.8 Å². The van der Waals surface area contributed by atoms with Crippen LogP contribution in [0.15, 0.2) is 33.2 Å². The molecule has 2 aromatic carbocycles. The van der Waals surface area contributed by atoms with Crippen LogP contribution in [-0.4, -0.2) is 0 Å². The molecule has 0 fully saturated rings. The monoisotopic (exact) mass is 630 g/mol. The average Bonchev–Trinajstić information content (AvgIpc) is 3.11. The van der Waals surface area contributed by atoms with E-state index in [4.69, 9.17) is 0 Å². The van der Waals surface area contributed by atoms with Crippen LogP contribution in [0.3, 0.4) is 0 Å². The second-order valence-electron chi connectivity index (χ2n) is 11.8. The van der Waals surface area contributed by atoms with Gasteiger partial charge < -0.3 is 0 Å². The van der Waals surface area contributed by atoms with Crippen LogP contribution in [0.25, 0.3) is 11.1 Å². The lowest BCUT2D eigenvalue weighted by Gasteiger charge is -2.33. The summed E-state index contributed by atoms with van der Waals surface area (Å²) in [6, 6.07) is 9.89. The molecule has 0 saturated carbocycles. The van der Waals surface area contributed by atoms with E-state index in [2.05, 4.69) is 83.8 Å². The molecule has 0 aliphatic heterocycles. The Labute approximate surface area is 246 Å². The second-order valence-corrected chi connectivity index (χ2v) is 13.5. The van der Waals surface area contributed by atoms with Crippen molar-refractivity contribution >= 4 is 31.9 Å². The molecule has 0 unspecified atom stereocenters. The fraction of sp³-hybridized carbons (Fsp3) is 0.657. The molecule has 1 aliphatic rings. The van der Waals surface area contributed by atoms with E-state index in [-0.39, 0.29) is 5.41 Å². The lowest BCUT2D eigenvalue weighted by atomic mass is 9.70. The fourth-order valence-corrected chi connectivity index (χ4v) is 7.22. The van der Waals surface area contributed by atoms with Gasteiger partial charge in [-0.15, -0.1) is 0 Å². The van der Waals surface area contributed by atoms with E-state index in [1.807, 2.05) is 0 Å². The van der Waals surface area contributed by atoms with E-state index in [1.165, 1.54) is 147 Å². The summed E-state index contributed by atoms with van der Waals surface area (Å²) in [6.07, 6.45) is 24.7.